The third-order valence-corrected chi connectivity index (χ3v) is 10.3. The molecule has 1 aliphatic rings. The molecule has 0 unspecified atom stereocenters. The molecular formula is C48H48N6O7. The lowest BCUT2D eigenvalue weighted by Gasteiger charge is -2.36. The Morgan fingerprint density at radius 1 is 0.656 bits per heavy atom. The molecule has 1 saturated heterocycles. The SMILES string of the molecule is O=C(CCNCc1ccco1)Nc1cccc(NC(=O)CCN2CCC(OC(=O)N(c3ccccc3-c3ccccc3)N(C(=O)O)c3ccccc3-c3ccccc3)CC2)c1. The van der Waals surface area contributed by atoms with Crippen LogP contribution in [0.2, 0.25) is 0 Å². The maximum absolute atomic E-state index is 14.5. The standard InChI is InChI=1S/C48H48N6O7/c55-45(24-28-49-34-40-19-12-32-60-40)50-37-17-11-18-38(33-37)51-46(56)27-31-52-29-25-39(26-30-52)61-48(59)54(44-23-10-8-21-42(44)36-15-5-2-6-16-36)53(47(57)58)43-22-9-7-20-41(43)35-13-3-1-4-14-35/h1-23,32-33,39,49H,24-31,34H2,(H,50,55)(H,51,56)(H,57,58). The van der Waals surface area contributed by atoms with Gasteiger partial charge < -0.3 is 35.1 Å². The Bertz CT molecular complexity index is 2380. The summed E-state index contributed by atoms with van der Waals surface area (Å²) < 4.78 is 11.5. The van der Waals surface area contributed by atoms with E-state index in [1.54, 1.807) is 54.8 Å². The number of likely N-dealkylation sites (tertiary alicyclic amines) is 1. The van der Waals surface area contributed by atoms with Crippen LogP contribution in [-0.2, 0) is 20.9 Å². The predicted octanol–water partition coefficient (Wildman–Crippen LogP) is 9.27. The Balaban J connectivity index is 0.971. The summed E-state index contributed by atoms with van der Waals surface area (Å²) in [5.74, 6) is 0.477. The van der Waals surface area contributed by atoms with Gasteiger partial charge in [-0.1, -0.05) is 103 Å². The van der Waals surface area contributed by atoms with Crippen molar-refractivity contribution in [1.29, 1.82) is 0 Å². The number of furan rings is 1. The molecule has 4 N–H and O–H groups in total. The lowest BCUT2D eigenvalue weighted by Crippen LogP contribution is -2.52. The van der Waals surface area contributed by atoms with Crippen LogP contribution in [0, 0.1) is 0 Å². The predicted molar refractivity (Wildman–Crippen MR) is 236 cm³/mol. The number of nitrogens with zero attached hydrogens (tertiary/aromatic N) is 3. The zero-order valence-electron chi connectivity index (χ0n) is 33.6. The molecule has 0 saturated carbocycles. The van der Waals surface area contributed by atoms with Crippen molar-refractivity contribution in [1.82, 2.24) is 10.2 Å². The average Bonchev–Trinajstić information content (AvgIpc) is 3.81. The van der Waals surface area contributed by atoms with Crippen LogP contribution in [-0.4, -0.2) is 66.3 Å². The molecular weight excluding hydrogens is 773 g/mol. The fourth-order valence-corrected chi connectivity index (χ4v) is 7.28. The number of carbonyl (C=O) groups excluding carboxylic acids is 3. The van der Waals surface area contributed by atoms with E-state index in [1.807, 2.05) is 97.1 Å². The summed E-state index contributed by atoms with van der Waals surface area (Å²) in [7, 11) is 0. The first-order valence-corrected chi connectivity index (χ1v) is 20.3. The molecule has 61 heavy (non-hydrogen) atoms. The van der Waals surface area contributed by atoms with Crippen LogP contribution in [0.15, 0.2) is 156 Å². The van der Waals surface area contributed by atoms with Crippen molar-refractivity contribution in [2.24, 2.45) is 0 Å². The van der Waals surface area contributed by atoms with Gasteiger partial charge in [-0.2, -0.15) is 10.0 Å². The molecule has 7 rings (SSSR count). The number of anilines is 4. The molecule has 0 atom stereocenters. The molecule has 1 aromatic heterocycles. The Morgan fingerprint density at radius 2 is 1.21 bits per heavy atom. The van der Waals surface area contributed by atoms with Crippen LogP contribution >= 0.6 is 0 Å². The Hall–Kier alpha value is -7.22. The quantitative estimate of drug-likeness (QED) is 0.0586. The van der Waals surface area contributed by atoms with Crippen molar-refractivity contribution >= 4 is 46.8 Å². The highest BCUT2D eigenvalue weighted by Gasteiger charge is 2.36. The second-order valence-corrected chi connectivity index (χ2v) is 14.5. The highest BCUT2D eigenvalue weighted by molar-refractivity contribution is 6.06. The summed E-state index contributed by atoms with van der Waals surface area (Å²) in [4.78, 5) is 55.5. The van der Waals surface area contributed by atoms with Gasteiger partial charge in [-0.3, -0.25) is 9.59 Å². The summed E-state index contributed by atoms with van der Waals surface area (Å²) in [6.45, 7) is 2.66. The molecule has 5 aromatic carbocycles. The van der Waals surface area contributed by atoms with E-state index in [2.05, 4.69) is 20.9 Å². The summed E-state index contributed by atoms with van der Waals surface area (Å²) in [5, 5.41) is 22.0. The number of benzene rings is 5. The molecule has 0 spiro atoms. The number of rotatable bonds is 15. The first-order chi connectivity index (χ1) is 29.8. The Labute approximate surface area is 354 Å². The van der Waals surface area contributed by atoms with E-state index in [0.717, 1.165) is 26.9 Å². The molecule has 0 radical (unpaired) electrons. The van der Waals surface area contributed by atoms with Crippen molar-refractivity contribution in [2.75, 3.05) is 46.8 Å². The van der Waals surface area contributed by atoms with Crippen molar-refractivity contribution in [3.8, 4) is 22.3 Å². The van der Waals surface area contributed by atoms with E-state index >= 15 is 0 Å². The maximum Gasteiger partial charge on any atom is 0.434 e. The number of hydrogen-bond acceptors (Lipinski definition) is 8. The number of carboxylic acid groups (broad SMARTS) is 1. The molecule has 0 bridgehead atoms. The molecule has 312 valence electrons. The molecule has 4 amide bonds. The van der Waals surface area contributed by atoms with E-state index in [-0.39, 0.29) is 30.3 Å². The monoisotopic (exact) mass is 820 g/mol. The van der Waals surface area contributed by atoms with Crippen LogP contribution in [0.1, 0.15) is 31.4 Å². The van der Waals surface area contributed by atoms with Crippen molar-refractivity contribution in [2.45, 2.75) is 38.3 Å². The van der Waals surface area contributed by atoms with Crippen LogP contribution < -0.4 is 26.0 Å². The fraction of sp³-hybridized carbons (Fsp3) is 0.208. The second kappa shape index (κ2) is 20.7. The number of piperidine rings is 1. The summed E-state index contributed by atoms with van der Waals surface area (Å²) in [6.07, 6.45) is 0.428. The molecule has 13 heteroatoms. The minimum Gasteiger partial charge on any atom is -0.468 e. The van der Waals surface area contributed by atoms with E-state index in [9.17, 15) is 24.3 Å². The number of nitrogens with one attached hydrogen (secondary N) is 3. The van der Waals surface area contributed by atoms with Gasteiger partial charge in [0.05, 0.1) is 24.2 Å². The fourth-order valence-electron chi connectivity index (χ4n) is 7.28. The lowest BCUT2D eigenvalue weighted by molar-refractivity contribution is -0.117. The lowest BCUT2D eigenvalue weighted by atomic mass is 10.0. The van der Waals surface area contributed by atoms with E-state index in [1.165, 1.54) is 0 Å². The van der Waals surface area contributed by atoms with Crippen molar-refractivity contribution < 1.29 is 33.4 Å². The molecule has 13 nitrogen and oxygen atoms in total. The first-order valence-electron chi connectivity index (χ1n) is 20.3. The normalized spacial score (nSPS) is 12.9. The first kappa shape index (κ1) is 41.9. The highest BCUT2D eigenvalue weighted by atomic mass is 16.6. The van der Waals surface area contributed by atoms with Crippen LogP contribution in [0.3, 0.4) is 0 Å². The third-order valence-electron chi connectivity index (χ3n) is 10.3. The third kappa shape index (κ3) is 11.3. The van der Waals surface area contributed by atoms with Crippen LogP contribution in [0.5, 0.6) is 0 Å². The van der Waals surface area contributed by atoms with E-state index in [0.29, 0.717) is 73.8 Å². The zero-order chi connectivity index (χ0) is 42.4. The highest BCUT2D eigenvalue weighted by Crippen LogP contribution is 2.38. The van der Waals surface area contributed by atoms with E-state index < -0.39 is 18.3 Å². The number of ether oxygens (including phenoxy) is 1. The molecule has 1 aliphatic heterocycles. The van der Waals surface area contributed by atoms with Crippen molar-refractivity contribution in [3.05, 3.63) is 158 Å². The average molecular weight is 821 g/mol. The van der Waals surface area contributed by atoms with Gasteiger partial charge in [0.2, 0.25) is 11.8 Å². The van der Waals surface area contributed by atoms with Crippen LogP contribution in [0.4, 0.5) is 32.3 Å². The number of hydrogen-bond donors (Lipinski definition) is 4. The summed E-state index contributed by atoms with van der Waals surface area (Å²) >= 11 is 0. The number of hydrazine groups is 1. The molecule has 2 heterocycles. The number of amides is 4. The molecule has 1 fully saturated rings. The van der Waals surface area contributed by atoms with Gasteiger partial charge in [0.15, 0.2) is 0 Å². The van der Waals surface area contributed by atoms with Crippen LogP contribution in [0.25, 0.3) is 22.3 Å². The van der Waals surface area contributed by atoms with Gasteiger partial charge in [0.1, 0.15) is 11.9 Å². The number of para-hydroxylation sites is 2. The minimum absolute atomic E-state index is 0.151. The maximum atomic E-state index is 14.5. The van der Waals surface area contributed by atoms with Gasteiger partial charge in [0.25, 0.3) is 0 Å². The smallest absolute Gasteiger partial charge is 0.434 e. The van der Waals surface area contributed by atoms with Gasteiger partial charge in [-0.15, -0.1) is 0 Å². The Morgan fingerprint density at radius 3 is 1.79 bits per heavy atom. The van der Waals surface area contributed by atoms with E-state index in [4.69, 9.17) is 9.15 Å². The second-order valence-electron chi connectivity index (χ2n) is 14.5. The van der Waals surface area contributed by atoms with Crippen molar-refractivity contribution in [3.63, 3.8) is 0 Å². The zero-order valence-corrected chi connectivity index (χ0v) is 33.6. The molecule has 6 aromatic rings. The number of carbonyl (C=O) groups is 4. The van der Waals surface area contributed by atoms with Gasteiger partial charge in [0, 0.05) is 61.5 Å². The summed E-state index contributed by atoms with van der Waals surface area (Å²) in [6, 6.07) is 43.9. The topological polar surface area (TPSA) is 157 Å². The minimum atomic E-state index is -1.36. The van der Waals surface area contributed by atoms with Gasteiger partial charge in [-0.05, 0) is 66.4 Å². The van der Waals surface area contributed by atoms with Gasteiger partial charge >= 0.3 is 12.2 Å². The Kier molecular flexibility index (Phi) is 14.2. The largest absolute Gasteiger partial charge is 0.468 e. The molecule has 0 aliphatic carbocycles. The summed E-state index contributed by atoms with van der Waals surface area (Å²) in [5.41, 5.74) is 4.65. The van der Waals surface area contributed by atoms with Gasteiger partial charge in [-0.25, -0.2) is 9.59 Å².